The number of thiophene rings is 1. The SMILES string of the molecule is COc1ccc(NC(C)=O)cc1NC(=O)CSc1ncnc2sc(-c3ccccc3)cc12. The van der Waals surface area contributed by atoms with Crippen LogP contribution in [-0.4, -0.2) is 34.6 Å². The largest absolute Gasteiger partial charge is 0.495 e. The monoisotopic (exact) mass is 464 g/mol. The maximum Gasteiger partial charge on any atom is 0.234 e. The van der Waals surface area contributed by atoms with Crippen molar-refractivity contribution in [1.82, 2.24) is 9.97 Å². The Hall–Kier alpha value is -3.43. The van der Waals surface area contributed by atoms with Crippen molar-refractivity contribution in [2.24, 2.45) is 0 Å². The fourth-order valence-electron chi connectivity index (χ4n) is 3.10. The Bertz CT molecular complexity index is 1270. The molecule has 2 aromatic heterocycles. The third-order valence-electron chi connectivity index (χ3n) is 4.49. The predicted octanol–water partition coefficient (Wildman–Crippen LogP) is 5.06. The van der Waals surface area contributed by atoms with Gasteiger partial charge in [-0.05, 0) is 29.8 Å². The van der Waals surface area contributed by atoms with Gasteiger partial charge in [0.2, 0.25) is 11.8 Å². The lowest BCUT2D eigenvalue weighted by atomic mass is 10.2. The molecule has 0 saturated carbocycles. The normalized spacial score (nSPS) is 10.7. The van der Waals surface area contributed by atoms with Gasteiger partial charge in [0.05, 0.1) is 18.6 Å². The van der Waals surface area contributed by atoms with Crippen LogP contribution >= 0.6 is 23.1 Å². The number of methoxy groups -OCH3 is 1. The molecule has 4 rings (SSSR count). The van der Waals surface area contributed by atoms with E-state index in [0.29, 0.717) is 17.1 Å². The van der Waals surface area contributed by atoms with Gasteiger partial charge in [-0.2, -0.15) is 0 Å². The number of aromatic nitrogens is 2. The van der Waals surface area contributed by atoms with E-state index in [1.54, 1.807) is 29.5 Å². The molecule has 32 heavy (non-hydrogen) atoms. The lowest BCUT2D eigenvalue weighted by molar-refractivity contribution is -0.114. The number of anilines is 2. The van der Waals surface area contributed by atoms with Crippen LogP contribution in [0.1, 0.15) is 6.92 Å². The first-order valence-corrected chi connectivity index (χ1v) is 11.5. The molecule has 0 aliphatic heterocycles. The van der Waals surface area contributed by atoms with E-state index in [2.05, 4.69) is 38.8 Å². The molecule has 0 unspecified atom stereocenters. The minimum Gasteiger partial charge on any atom is -0.495 e. The first kappa shape index (κ1) is 21.8. The van der Waals surface area contributed by atoms with Gasteiger partial charge in [0.15, 0.2) is 0 Å². The van der Waals surface area contributed by atoms with Crippen LogP contribution in [0.15, 0.2) is 66.0 Å². The third kappa shape index (κ3) is 5.06. The number of ether oxygens (including phenoxy) is 1. The number of fused-ring (bicyclic) bond motifs is 1. The third-order valence-corrected chi connectivity index (χ3v) is 6.58. The van der Waals surface area contributed by atoms with E-state index in [1.165, 1.54) is 32.1 Å². The number of benzene rings is 2. The molecular weight excluding hydrogens is 444 g/mol. The van der Waals surface area contributed by atoms with Gasteiger partial charge in [0, 0.05) is 22.9 Å². The molecule has 7 nitrogen and oxygen atoms in total. The number of nitrogens with zero attached hydrogens (tertiary/aromatic N) is 2. The fraction of sp³-hybridized carbons (Fsp3) is 0.130. The Morgan fingerprint density at radius 3 is 2.62 bits per heavy atom. The number of amides is 2. The average Bonchev–Trinajstić information content (AvgIpc) is 3.23. The molecule has 162 valence electrons. The van der Waals surface area contributed by atoms with Crippen molar-refractivity contribution in [1.29, 1.82) is 0 Å². The summed E-state index contributed by atoms with van der Waals surface area (Å²) in [6.07, 6.45) is 1.52. The van der Waals surface area contributed by atoms with Gasteiger partial charge in [0.25, 0.3) is 0 Å². The number of carbonyl (C=O) groups is 2. The second-order valence-corrected chi connectivity index (χ2v) is 8.80. The topological polar surface area (TPSA) is 93.2 Å². The highest BCUT2D eigenvalue weighted by molar-refractivity contribution is 8.00. The van der Waals surface area contributed by atoms with Crippen molar-refractivity contribution >= 4 is 56.5 Å². The maximum atomic E-state index is 12.6. The molecule has 0 radical (unpaired) electrons. The number of thioether (sulfide) groups is 1. The van der Waals surface area contributed by atoms with Crippen LogP contribution in [0.2, 0.25) is 0 Å². The molecule has 2 amide bonds. The van der Waals surface area contributed by atoms with Gasteiger partial charge < -0.3 is 15.4 Å². The van der Waals surface area contributed by atoms with Gasteiger partial charge in [-0.15, -0.1) is 11.3 Å². The Labute approximate surface area is 193 Å². The highest BCUT2D eigenvalue weighted by Gasteiger charge is 2.14. The summed E-state index contributed by atoms with van der Waals surface area (Å²) < 4.78 is 5.32. The van der Waals surface area contributed by atoms with Crippen molar-refractivity contribution in [2.75, 3.05) is 23.5 Å². The number of hydrogen-bond acceptors (Lipinski definition) is 7. The number of carbonyl (C=O) groups excluding carboxylic acids is 2. The van der Waals surface area contributed by atoms with Gasteiger partial charge in [-0.25, -0.2) is 9.97 Å². The van der Waals surface area contributed by atoms with Crippen molar-refractivity contribution in [2.45, 2.75) is 11.9 Å². The zero-order valence-corrected chi connectivity index (χ0v) is 19.0. The van der Waals surface area contributed by atoms with Gasteiger partial charge in [-0.3, -0.25) is 9.59 Å². The average molecular weight is 465 g/mol. The van der Waals surface area contributed by atoms with Crippen molar-refractivity contribution in [3.8, 4) is 16.2 Å². The molecule has 0 aliphatic carbocycles. The summed E-state index contributed by atoms with van der Waals surface area (Å²) in [5.74, 6) is 0.267. The molecule has 0 spiro atoms. The van der Waals surface area contributed by atoms with Crippen LogP contribution in [0.5, 0.6) is 5.75 Å². The summed E-state index contributed by atoms with van der Waals surface area (Å²) in [6, 6.07) is 17.2. The van der Waals surface area contributed by atoms with Crippen LogP contribution < -0.4 is 15.4 Å². The quantitative estimate of drug-likeness (QED) is 0.293. The highest BCUT2D eigenvalue weighted by Crippen LogP contribution is 2.36. The van der Waals surface area contributed by atoms with Gasteiger partial charge in [-0.1, -0.05) is 42.1 Å². The van der Waals surface area contributed by atoms with E-state index in [4.69, 9.17) is 4.74 Å². The zero-order chi connectivity index (χ0) is 22.5. The smallest absolute Gasteiger partial charge is 0.234 e. The Morgan fingerprint density at radius 2 is 1.88 bits per heavy atom. The van der Waals surface area contributed by atoms with Crippen LogP contribution in [0.25, 0.3) is 20.7 Å². The van der Waals surface area contributed by atoms with Crippen molar-refractivity contribution < 1.29 is 14.3 Å². The Morgan fingerprint density at radius 1 is 1.06 bits per heavy atom. The molecule has 2 N–H and O–H groups in total. The zero-order valence-electron chi connectivity index (χ0n) is 17.4. The Balaban J connectivity index is 1.49. The Kier molecular flexibility index (Phi) is 6.67. The van der Waals surface area contributed by atoms with Crippen molar-refractivity contribution in [3.05, 3.63) is 60.9 Å². The summed E-state index contributed by atoms with van der Waals surface area (Å²) in [5, 5.41) is 7.23. The van der Waals surface area contributed by atoms with Gasteiger partial charge >= 0.3 is 0 Å². The first-order chi connectivity index (χ1) is 15.5. The van der Waals surface area contributed by atoms with E-state index >= 15 is 0 Å². The van der Waals surface area contributed by atoms with Crippen LogP contribution in [0.3, 0.4) is 0 Å². The number of nitrogens with one attached hydrogen (secondary N) is 2. The molecule has 2 aromatic carbocycles. The summed E-state index contributed by atoms with van der Waals surface area (Å²) in [6.45, 7) is 1.43. The first-order valence-electron chi connectivity index (χ1n) is 9.71. The second kappa shape index (κ2) is 9.80. The van der Waals surface area contributed by atoms with E-state index < -0.39 is 0 Å². The summed E-state index contributed by atoms with van der Waals surface area (Å²) in [7, 11) is 1.52. The van der Waals surface area contributed by atoms with Crippen LogP contribution in [0, 0.1) is 0 Å². The van der Waals surface area contributed by atoms with E-state index in [-0.39, 0.29) is 17.6 Å². The van der Waals surface area contributed by atoms with Crippen molar-refractivity contribution in [3.63, 3.8) is 0 Å². The van der Waals surface area contributed by atoms with Gasteiger partial charge in [0.1, 0.15) is 21.9 Å². The molecule has 0 fully saturated rings. The highest BCUT2D eigenvalue weighted by atomic mass is 32.2. The van der Waals surface area contributed by atoms with E-state index in [0.717, 1.165) is 25.7 Å². The fourth-order valence-corrected chi connectivity index (χ4v) is 4.94. The number of hydrogen-bond donors (Lipinski definition) is 2. The molecule has 0 bridgehead atoms. The van der Waals surface area contributed by atoms with E-state index in [9.17, 15) is 9.59 Å². The molecule has 0 saturated heterocycles. The number of rotatable bonds is 7. The second-order valence-electron chi connectivity index (χ2n) is 6.81. The molecule has 0 atom stereocenters. The molecule has 4 aromatic rings. The molecule has 0 aliphatic rings. The minimum atomic E-state index is -0.210. The standard InChI is InChI=1S/C23H20N4O3S2/c1-14(28)26-16-8-9-19(30-2)18(10-16)27-21(29)12-31-22-17-11-20(15-6-4-3-5-7-15)32-23(17)25-13-24-22/h3-11,13H,12H2,1-2H3,(H,26,28)(H,27,29). The molecule has 9 heteroatoms. The summed E-state index contributed by atoms with van der Waals surface area (Å²) in [5.41, 5.74) is 2.18. The maximum absolute atomic E-state index is 12.6. The minimum absolute atomic E-state index is 0.163. The summed E-state index contributed by atoms with van der Waals surface area (Å²) >= 11 is 2.94. The van der Waals surface area contributed by atoms with Crippen LogP contribution in [0.4, 0.5) is 11.4 Å². The lowest BCUT2D eigenvalue weighted by Crippen LogP contribution is -2.15. The molecule has 2 heterocycles. The van der Waals surface area contributed by atoms with Crippen LogP contribution in [-0.2, 0) is 9.59 Å². The van der Waals surface area contributed by atoms with E-state index in [1.807, 2.05) is 18.2 Å². The predicted molar refractivity (Wildman–Crippen MR) is 130 cm³/mol. The summed E-state index contributed by atoms with van der Waals surface area (Å²) in [4.78, 5) is 34.7. The molecular formula is C23H20N4O3S2. The lowest BCUT2D eigenvalue weighted by Gasteiger charge is -2.12.